The van der Waals surface area contributed by atoms with Crippen LogP contribution >= 0.6 is 0 Å². The van der Waals surface area contributed by atoms with Gasteiger partial charge in [0.25, 0.3) is 0 Å². The molecule has 2 N–H and O–H groups in total. The van der Waals surface area contributed by atoms with Crippen molar-refractivity contribution in [1.82, 2.24) is 10.6 Å². The van der Waals surface area contributed by atoms with E-state index in [1.807, 2.05) is 27.7 Å². The van der Waals surface area contributed by atoms with E-state index >= 15 is 0 Å². The number of ketones is 1. The number of carbonyl (C=O) groups is 2. The van der Waals surface area contributed by atoms with Gasteiger partial charge in [0.2, 0.25) is 6.41 Å². The molecule has 1 aliphatic rings. The van der Waals surface area contributed by atoms with Crippen molar-refractivity contribution in [3.63, 3.8) is 0 Å². The molecule has 1 amide bonds. The molecule has 0 radical (unpaired) electrons. The van der Waals surface area contributed by atoms with Crippen molar-refractivity contribution in [2.75, 3.05) is 13.6 Å². The van der Waals surface area contributed by atoms with E-state index in [2.05, 4.69) is 23.8 Å². The topological polar surface area (TPSA) is 58.2 Å². The predicted octanol–water partition coefficient (Wildman–Crippen LogP) is 2.54. The predicted molar refractivity (Wildman–Crippen MR) is 83.2 cm³/mol. The second-order valence-corrected chi connectivity index (χ2v) is 4.02. The molecule has 0 saturated carbocycles. The Hall–Kier alpha value is -1.16. The molecule has 0 aromatic carbocycles. The van der Waals surface area contributed by atoms with Gasteiger partial charge in [0, 0.05) is 25.4 Å². The molecule has 0 aromatic heterocycles. The number of amides is 1. The summed E-state index contributed by atoms with van der Waals surface area (Å²) in [6, 6.07) is 0.477. The van der Waals surface area contributed by atoms with Crippen molar-refractivity contribution in [3.05, 3.63) is 13.2 Å². The van der Waals surface area contributed by atoms with Gasteiger partial charge in [-0.25, -0.2) is 0 Å². The second kappa shape index (κ2) is 19.2. The van der Waals surface area contributed by atoms with E-state index in [-0.39, 0.29) is 5.92 Å². The number of Topliss-reactive ketones (excluding diaryl/α,β-unsaturated/α-hetero) is 1. The Morgan fingerprint density at radius 3 is 2.16 bits per heavy atom. The van der Waals surface area contributed by atoms with Crippen LogP contribution in [0.4, 0.5) is 0 Å². The van der Waals surface area contributed by atoms with Gasteiger partial charge in [0.1, 0.15) is 5.78 Å². The van der Waals surface area contributed by atoms with Crippen LogP contribution in [0.1, 0.15) is 47.0 Å². The van der Waals surface area contributed by atoms with Crippen LogP contribution in [-0.2, 0) is 9.59 Å². The molecular weight excluding hydrogens is 240 g/mol. The molecule has 1 atom stereocenters. The molecule has 1 aliphatic heterocycles. The summed E-state index contributed by atoms with van der Waals surface area (Å²) in [5.41, 5.74) is 0. The maximum atomic E-state index is 11.3. The lowest BCUT2D eigenvalue weighted by Gasteiger charge is -2.10. The smallest absolute Gasteiger partial charge is 0.206 e. The SMILES string of the molecule is C=C.CC.CC(C)C(=O)CC1CCCN1.CNC=O. The molecule has 0 bridgehead atoms. The van der Waals surface area contributed by atoms with Crippen LogP contribution in [0.15, 0.2) is 13.2 Å². The third-order valence-corrected chi connectivity index (χ3v) is 2.37. The van der Waals surface area contributed by atoms with Crippen LogP contribution in [0, 0.1) is 5.92 Å². The highest BCUT2D eigenvalue weighted by molar-refractivity contribution is 5.80. The second-order valence-electron chi connectivity index (χ2n) is 4.02. The van der Waals surface area contributed by atoms with Crippen LogP contribution in [0.2, 0.25) is 0 Å². The van der Waals surface area contributed by atoms with E-state index in [0.717, 1.165) is 13.0 Å². The van der Waals surface area contributed by atoms with Crippen LogP contribution in [-0.4, -0.2) is 31.8 Å². The average Bonchev–Trinajstić information content (AvgIpc) is 2.96. The van der Waals surface area contributed by atoms with Gasteiger partial charge < -0.3 is 10.6 Å². The van der Waals surface area contributed by atoms with Crippen LogP contribution < -0.4 is 10.6 Å². The maximum Gasteiger partial charge on any atom is 0.206 e. The lowest BCUT2D eigenvalue weighted by Crippen LogP contribution is -2.26. The molecule has 1 fully saturated rings. The molecular formula is C15H32N2O2. The number of rotatable bonds is 4. The zero-order valence-corrected chi connectivity index (χ0v) is 13.3. The highest BCUT2D eigenvalue weighted by Crippen LogP contribution is 2.11. The van der Waals surface area contributed by atoms with E-state index in [0.29, 0.717) is 18.2 Å². The number of hydrogen-bond donors (Lipinski definition) is 2. The Bertz CT molecular complexity index is 200. The van der Waals surface area contributed by atoms with Crippen LogP contribution in [0.3, 0.4) is 0 Å². The summed E-state index contributed by atoms with van der Waals surface area (Å²) in [4.78, 5) is 20.3. The van der Waals surface area contributed by atoms with Gasteiger partial charge in [-0.2, -0.15) is 0 Å². The van der Waals surface area contributed by atoms with Crippen molar-refractivity contribution < 1.29 is 9.59 Å². The van der Waals surface area contributed by atoms with Crippen LogP contribution in [0.5, 0.6) is 0 Å². The fourth-order valence-electron chi connectivity index (χ4n) is 1.41. The van der Waals surface area contributed by atoms with Crippen molar-refractivity contribution in [2.45, 2.75) is 53.0 Å². The van der Waals surface area contributed by atoms with Gasteiger partial charge in [-0.15, -0.1) is 13.2 Å². The number of hydrogen-bond acceptors (Lipinski definition) is 3. The summed E-state index contributed by atoms with van der Waals surface area (Å²) in [6.45, 7) is 15.0. The summed E-state index contributed by atoms with van der Waals surface area (Å²) < 4.78 is 0. The first-order chi connectivity index (χ1) is 9.11. The Balaban J connectivity index is -0.000000271. The standard InChI is InChI=1S/C9H17NO.C2H5NO.C2H6.C2H4/c1-7(2)9(11)6-8-4-3-5-10-8;1-3-2-4;2*1-2/h7-8,10H,3-6H2,1-2H3;2H,1H3,(H,3,4);1-2H3;1-2H2. The van der Waals surface area contributed by atoms with Gasteiger partial charge in [0.05, 0.1) is 0 Å². The molecule has 1 saturated heterocycles. The lowest BCUT2D eigenvalue weighted by atomic mass is 10.0. The molecule has 0 aliphatic carbocycles. The monoisotopic (exact) mass is 272 g/mol. The van der Waals surface area contributed by atoms with Gasteiger partial charge in [-0.3, -0.25) is 9.59 Å². The molecule has 4 nitrogen and oxygen atoms in total. The number of carbonyl (C=O) groups excluding carboxylic acids is 2. The average molecular weight is 272 g/mol. The summed E-state index contributed by atoms with van der Waals surface area (Å²) in [7, 11) is 1.56. The van der Waals surface area contributed by atoms with Gasteiger partial charge in [0.15, 0.2) is 0 Å². The van der Waals surface area contributed by atoms with E-state index in [1.54, 1.807) is 7.05 Å². The minimum Gasteiger partial charge on any atom is -0.362 e. The van der Waals surface area contributed by atoms with E-state index in [4.69, 9.17) is 4.79 Å². The van der Waals surface area contributed by atoms with Gasteiger partial charge in [-0.05, 0) is 19.4 Å². The normalized spacial score (nSPS) is 15.8. The molecule has 114 valence electrons. The Morgan fingerprint density at radius 2 is 1.89 bits per heavy atom. The molecule has 0 aromatic rings. The molecule has 19 heavy (non-hydrogen) atoms. The molecule has 1 rings (SSSR count). The van der Waals surface area contributed by atoms with Gasteiger partial charge in [-0.1, -0.05) is 27.7 Å². The lowest BCUT2D eigenvalue weighted by molar-refractivity contribution is -0.122. The minimum absolute atomic E-state index is 0.206. The van der Waals surface area contributed by atoms with Crippen LogP contribution in [0.25, 0.3) is 0 Å². The zero-order chi connectivity index (χ0) is 15.7. The zero-order valence-electron chi connectivity index (χ0n) is 13.3. The van der Waals surface area contributed by atoms with Crippen molar-refractivity contribution >= 4 is 12.2 Å². The Morgan fingerprint density at radius 1 is 1.42 bits per heavy atom. The first-order valence-corrected chi connectivity index (χ1v) is 6.98. The first kappa shape index (κ1) is 23.0. The third kappa shape index (κ3) is 16.8. The Kier molecular flexibility index (Phi) is 23.2. The van der Waals surface area contributed by atoms with E-state index in [9.17, 15) is 4.79 Å². The summed E-state index contributed by atoms with van der Waals surface area (Å²) in [5.74, 6) is 0.599. The van der Waals surface area contributed by atoms with Crippen molar-refractivity contribution in [3.8, 4) is 0 Å². The highest BCUT2D eigenvalue weighted by atomic mass is 16.1. The van der Waals surface area contributed by atoms with Gasteiger partial charge >= 0.3 is 0 Å². The summed E-state index contributed by atoms with van der Waals surface area (Å²) in [5, 5.41) is 5.57. The fraction of sp³-hybridized carbons (Fsp3) is 0.733. The quantitative estimate of drug-likeness (QED) is 0.611. The molecule has 1 unspecified atom stereocenters. The third-order valence-electron chi connectivity index (χ3n) is 2.37. The van der Waals surface area contributed by atoms with Crippen molar-refractivity contribution in [1.29, 1.82) is 0 Å². The highest BCUT2D eigenvalue weighted by Gasteiger charge is 2.18. The Labute approximate surface area is 119 Å². The first-order valence-electron chi connectivity index (χ1n) is 6.98. The summed E-state index contributed by atoms with van der Waals surface area (Å²) >= 11 is 0. The largest absolute Gasteiger partial charge is 0.362 e. The van der Waals surface area contributed by atoms with E-state index in [1.165, 1.54) is 12.8 Å². The summed E-state index contributed by atoms with van der Waals surface area (Å²) in [6.07, 6.45) is 3.77. The maximum absolute atomic E-state index is 11.3. The fourth-order valence-corrected chi connectivity index (χ4v) is 1.41. The number of nitrogens with one attached hydrogen (secondary N) is 2. The molecule has 1 heterocycles. The van der Waals surface area contributed by atoms with E-state index < -0.39 is 0 Å². The molecule has 4 heteroatoms. The minimum atomic E-state index is 0.206. The molecule has 0 spiro atoms. The van der Waals surface area contributed by atoms with Crippen molar-refractivity contribution in [2.24, 2.45) is 5.92 Å².